The maximum atomic E-state index is 13.8. The molecule has 1 N–H and O–H groups in total. The lowest BCUT2D eigenvalue weighted by Gasteiger charge is -2.17. The third kappa shape index (κ3) is 5.19. The Balaban J connectivity index is 1.98. The topological polar surface area (TPSA) is 41.6 Å². The normalized spacial score (nSPS) is 10.8. The maximum absolute atomic E-state index is 13.8. The Morgan fingerprint density at radius 2 is 2.08 bits per heavy atom. The molecule has 24 heavy (non-hydrogen) atoms. The van der Waals surface area contributed by atoms with Gasteiger partial charge in [-0.05, 0) is 37.4 Å². The van der Waals surface area contributed by atoms with Crippen LogP contribution in [0.3, 0.4) is 0 Å². The number of ether oxygens (including phenoxy) is 1. The SMILES string of the molecule is COc1ccc(Cl)cc1NC(=O)CN(C)Cc1ccc(Br)cc1F. The van der Waals surface area contributed by atoms with E-state index in [-0.39, 0.29) is 18.3 Å². The number of carbonyl (C=O) groups excluding carboxylic acids is 1. The Kier molecular flexibility index (Phi) is 6.60. The first-order chi connectivity index (χ1) is 11.4. The van der Waals surface area contributed by atoms with Gasteiger partial charge >= 0.3 is 0 Å². The molecule has 0 atom stereocenters. The van der Waals surface area contributed by atoms with Crippen LogP contribution in [-0.4, -0.2) is 31.5 Å². The van der Waals surface area contributed by atoms with Crippen molar-refractivity contribution in [2.75, 3.05) is 26.0 Å². The average Bonchev–Trinajstić information content (AvgIpc) is 2.50. The summed E-state index contributed by atoms with van der Waals surface area (Å²) in [6, 6.07) is 9.83. The number of nitrogens with one attached hydrogen (secondary N) is 1. The first-order valence-electron chi connectivity index (χ1n) is 7.15. The molecule has 0 unspecified atom stereocenters. The van der Waals surface area contributed by atoms with Gasteiger partial charge in [-0.25, -0.2) is 4.39 Å². The zero-order valence-electron chi connectivity index (χ0n) is 13.3. The number of carbonyl (C=O) groups is 1. The van der Waals surface area contributed by atoms with Crippen molar-refractivity contribution in [3.05, 3.63) is 57.3 Å². The Labute approximate surface area is 153 Å². The van der Waals surface area contributed by atoms with Gasteiger partial charge in [0.25, 0.3) is 0 Å². The van der Waals surface area contributed by atoms with Gasteiger partial charge in [0.15, 0.2) is 0 Å². The molecule has 0 aliphatic carbocycles. The molecule has 0 aromatic heterocycles. The van der Waals surface area contributed by atoms with Crippen molar-refractivity contribution in [3.63, 3.8) is 0 Å². The lowest BCUT2D eigenvalue weighted by Crippen LogP contribution is -2.30. The minimum absolute atomic E-state index is 0.102. The lowest BCUT2D eigenvalue weighted by molar-refractivity contribution is -0.117. The van der Waals surface area contributed by atoms with Crippen LogP contribution in [0.2, 0.25) is 5.02 Å². The van der Waals surface area contributed by atoms with Gasteiger partial charge < -0.3 is 10.1 Å². The van der Waals surface area contributed by atoms with E-state index >= 15 is 0 Å². The van der Waals surface area contributed by atoms with Crippen molar-refractivity contribution in [2.24, 2.45) is 0 Å². The van der Waals surface area contributed by atoms with E-state index in [0.717, 1.165) is 0 Å². The molecule has 0 bridgehead atoms. The quantitative estimate of drug-likeness (QED) is 0.764. The summed E-state index contributed by atoms with van der Waals surface area (Å²) in [6.45, 7) is 0.421. The second-order valence-corrected chi connectivity index (χ2v) is 6.65. The number of likely N-dealkylation sites (N-methyl/N-ethyl adjacent to an activating group) is 1. The first kappa shape index (κ1) is 18.7. The van der Waals surface area contributed by atoms with E-state index in [2.05, 4.69) is 21.2 Å². The highest BCUT2D eigenvalue weighted by Gasteiger charge is 2.12. The van der Waals surface area contributed by atoms with Gasteiger partial charge in [-0.15, -0.1) is 0 Å². The molecule has 0 spiro atoms. The number of nitrogens with zero attached hydrogens (tertiary/aromatic N) is 1. The summed E-state index contributed by atoms with van der Waals surface area (Å²) in [5, 5.41) is 3.25. The van der Waals surface area contributed by atoms with E-state index in [9.17, 15) is 9.18 Å². The molecule has 2 rings (SSSR count). The Morgan fingerprint density at radius 3 is 2.75 bits per heavy atom. The zero-order chi connectivity index (χ0) is 17.7. The number of methoxy groups -OCH3 is 1. The van der Waals surface area contributed by atoms with Crippen LogP contribution in [0.4, 0.5) is 10.1 Å². The van der Waals surface area contributed by atoms with Gasteiger partial charge in [0.1, 0.15) is 11.6 Å². The number of hydrogen-bond acceptors (Lipinski definition) is 3. The highest BCUT2D eigenvalue weighted by molar-refractivity contribution is 9.10. The summed E-state index contributed by atoms with van der Waals surface area (Å²) >= 11 is 9.16. The van der Waals surface area contributed by atoms with E-state index in [4.69, 9.17) is 16.3 Å². The monoisotopic (exact) mass is 414 g/mol. The van der Waals surface area contributed by atoms with Crippen LogP contribution in [0.15, 0.2) is 40.9 Å². The van der Waals surface area contributed by atoms with Crippen LogP contribution in [0.25, 0.3) is 0 Å². The van der Waals surface area contributed by atoms with Gasteiger partial charge in [0.05, 0.1) is 19.3 Å². The molecule has 0 saturated carbocycles. The number of anilines is 1. The summed E-state index contributed by atoms with van der Waals surface area (Å²) in [5.74, 6) is -0.0295. The highest BCUT2D eigenvalue weighted by Crippen LogP contribution is 2.27. The van der Waals surface area contributed by atoms with Crippen LogP contribution in [0, 0.1) is 5.82 Å². The van der Waals surface area contributed by atoms with Crippen LogP contribution in [0.1, 0.15) is 5.56 Å². The average molecular weight is 416 g/mol. The molecule has 2 aromatic rings. The number of hydrogen-bond donors (Lipinski definition) is 1. The van der Waals surface area contributed by atoms with E-state index in [0.29, 0.717) is 33.0 Å². The van der Waals surface area contributed by atoms with Gasteiger partial charge in [-0.3, -0.25) is 9.69 Å². The zero-order valence-corrected chi connectivity index (χ0v) is 15.6. The first-order valence-corrected chi connectivity index (χ1v) is 8.32. The highest BCUT2D eigenvalue weighted by atomic mass is 79.9. The molecule has 0 radical (unpaired) electrons. The molecule has 128 valence electrons. The summed E-state index contributed by atoms with van der Waals surface area (Å²) in [5.41, 5.74) is 1.02. The minimum Gasteiger partial charge on any atom is -0.495 e. The molecular weight excluding hydrogens is 399 g/mol. The van der Waals surface area contributed by atoms with Gasteiger partial charge in [0.2, 0.25) is 5.91 Å². The summed E-state index contributed by atoms with van der Waals surface area (Å²) in [7, 11) is 3.26. The van der Waals surface area contributed by atoms with Crippen LogP contribution >= 0.6 is 27.5 Å². The summed E-state index contributed by atoms with van der Waals surface area (Å²) < 4.78 is 19.7. The fourth-order valence-electron chi connectivity index (χ4n) is 2.21. The second kappa shape index (κ2) is 8.46. The molecule has 0 aliphatic rings. The van der Waals surface area contributed by atoms with Crippen LogP contribution in [0.5, 0.6) is 5.75 Å². The molecule has 1 amide bonds. The van der Waals surface area contributed by atoms with Gasteiger partial charge in [-0.1, -0.05) is 33.6 Å². The van der Waals surface area contributed by atoms with Crippen molar-refractivity contribution in [3.8, 4) is 5.75 Å². The Morgan fingerprint density at radius 1 is 1.33 bits per heavy atom. The predicted octanol–water partition coefficient (Wildman–Crippen LogP) is 4.32. The van der Waals surface area contributed by atoms with Crippen molar-refractivity contribution >= 4 is 39.1 Å². The second-order valence-electron chi connectivity index (χ2n) is 5.30. The van der Waals surface area contributed by atoms with E-state index in [1.807, 2.05) is 0 Å². The Hall–Kier alpha value is -1.63. The van der Waals surface area contributed by atoms with Gasteiger partial charge in [0, 0.05) is 21.6 Å². The van der Waals surface area contributed by atoms with Crippen molar-refractivity contribution in [1.29, 1.82) is 0 Å². The van der Waals surface area contributed by atoms with Crippen LogP contribution < -0.4 is 10.1 Å². The fraction of sp³-hybridized carbons (Fsp3) is 0.235. The largest absolute Gasteiger partial charge is 0.495 e. The fourth-order valence-corrected chi connectivity index (χ4v) is 2.71. The number of halogens is 3. The third-order valence-electron chi connectivity index (χ3n) is 3.30. The van der Waals surface area contributed by atoms with E-state index in [1.54, 1.807) is 42.3 Å². The van der Waals surface area contributed by atoms with Crippen molar-refractivity contribution in [1.82, 2.24) is 4.90 Å². The smallest absolute Gasteiger partial charge is 0.238 e. The minimum atomic E-state index is -0.312. The van der Waals surface area contributed by atoms with E-state index in [1.165, 1.54) is 13.2 Å². The molecule has 7 heteroatoms. The molecule has 2 aromatic carbocycles. The van der Waals surface area contributed by atoms with Crippen LogP contribution in [-0.2, 0) is 11.3 Å². The van der Waals surface area contributed by atoms with E-state index < -0.39 is 0 Å². The summed E-state index contributed by atoms with van der Waals surface area (Å²) in [6.07, 6.45) is 0. The maximum Gasteiger partial charge on any atom is 0.238 e. The standard InChI is InChI=1S/C17H17BrClFN2O2/c1-22(9-11-3-4-12(18)7-14(11)20)10-17(23)21-15-8-13(19)5-6-16(15)24-2/h3-8H,9-10H2,1-2H3,(H,21,23). The lowest BCUT2D eigenvalue weighted by atomic mass is 10.2. The third-order valence-corrected chi connectivity index (χ3v) is 4.03. The van der Waals surface area contributed by atoms with Crippen molar-refractivity contribution in [2.45, 2.75) is 6.54 Å². The molecule has 0 aliphatic heterocycles. The Bertz CT molecular complexity index is 743. The molecule has 0 heterocycles. The number of amides is 1. The molecular formula is C17H17BrClFN2O2. The molecule has 4 nitrogen and oxygen atoms in total. The summed E-state index contributed by atoms with van der Waals surface area (Å²) in [4.78, 5) is 13.9. The predicted molar refractivity (Wildman–Crippen MR) is 97.1 cm³/mol. The van der Waals surface area contributed by atoms with Crippen molar-refractivity contribution < 1.29 is 13.9 Å². The number of benzene rings is 2. The van der Waals surface area contributed by atoms with Gasteiger partial charge in [-0.2, -0.15) is 0 Å². The molecule has 0 fully saturated rings. The number of rotatable bonds is 6. The molecule has 0 saturated heterocycles.